The highest BCUT2D eigenvalue weighted by atomic mass is 79.9. The normalized spacial score (nSPS) is 11.2. The zero-order valence-corrected chi connectivity index (χ0v) is 21.2. The summed E-state index contributed by atoms with van der Waals surface area (Å²) >= 11 is 3.42. The fourth-order valence-electron chi connectivity index (χ4n) is 4.61. The van der Waals surface area contributed by atoms with Crippen LogP contribution in [0.15, 0.2) is 95.5 Å². The second kappa shape index (κ2) is 10.9. The number of fused-ring (bicyclic) bond motifs is 2. The average Bonchev–Trinajstić information content (AvgIpc) is 3.23. The minimum atomic E-state index is -0.0248. The van der Waals surface area contributed by atoms with Crippen LogP contribution in [0.5, 0.6) is 0 Å². The zero-order valence-electron chi connectivity index (χ0n) is 19.6. The summed E-state index contributed by atoms with van der Waals surface area (Å²) in [5, 5.41) is 5.58. The number of benzene rings is 4. The number of amides is 1. The summed E-state index contributed by atoms with van der Waals surface area (Å²) in [6.07, 6.45) is 3.93. The Bertz CT molecular complexity index is 1470. The van der Waals surface area contributed by atoms with Gasteiger partial charge in [0.1, 0.15) is 5.82 Å². The Morgan fingerprint density at radius 3 is 2.57 bits per heavy atom. The lowest BCUT2D eigenvalue weighted by Crippen LogP contribution is -2.24. The molecule has 4 nitrogen and oxygen atoms in total. The van der Waals surface area contributed by atoms with Gasteiger partial charge in [0.2, 0.25) is 0 Å². The first-order valence-corrected chi connectivity index (χ1v) is 12.9. The molecule has 5 aromatic rings. The topological polar surface area (TPSA) is 46.9 Å². The fourth-order valence-corrected chi connectivity index (χ4v) is 5.01. The number of nitrogens with zero attached hydrogens (tertiary/aromatic N) is 2. The molecule has 35 heavy (non-hydrogen) atoms. The maximum absolute atomic E-state index is 12.3. The van der Waals surface area contributed by atoms with Crippen molar-refractivity contribution >= 4 is 43.6 Å². The molecule has 1 heterocycles. The van der Waals surface area contributed by atoms with Gasteiger partial charge in [-0.2, -0.15) is 0 Å². The minimum Gasteiger partial charge on any atom is -0.352 e. The Hall–Kier alpha value is -3.44. The number of carbonyl (C=O) groups excluding carboxylic acids is 1. The Morgan fingerprint density at radius 1 is 0.857 bits per heavy atom. The van der Waals surface area contributed by atoms with Crippen LogP contribution in [0.2, 0.25) is 0 Å². The molecule has 0 atom stereocenters. The number of hydrogen-bond acceptors (Lipinski definition) is 2. The van der Waals surface area contributed by atoms with E-state index in [2.05, 4.69) is 92.5 Å². The Morgan fingerprint density at radius 2 is 1.66 bits per heavy atom. The minimum absolute atomic E-state index is 0.0248. The van der Waals surface area contributed by atoms with E-state index in [1.54, 1.807) is 0 Å². The maximum atomic E-state index is 12.3. The van der Waals surface area contributed by atoms with Crippen molar-refractivity contribution in [3.63, 3.8) is 0 Å². The number of halogens is 1. The summed E-state index contributed by atoms with van der Waals surface area (Å²) in [6, 6.07) is 31.0. The average molecular weight is 526 g/mol. The van der Waals surface area contributed by atoms with Crippen LogP contribution in [-0.2, 0) is 13.0 Å². The van der Waals surface area contributed by atoms with Crippen molar-refractivity contribution < 1.29 is 4.79 Å². The van der Waals surface area contributed by atoms with Crippen LogP contribution in [0.1, 0.15) is 41.0 Å². The standard InChI is InChI=1S/C30H28BrN3O/c31-25-14-9-12-23(20-25)30(35)32-19-7-1-2-18-29-33-27-16-5-6-17-28(27)34(29)21-24-13-8-11-22-10-3-4-15-26(22)24/h3-6,8-17,20H,1-2,7,18-19,21H2,(H,32,35). The molecule has 1 aromatic heterocycles. The van der Waals surface area contributed by atoms with Crippen molar-refractivity contribution in [3.8, 4) is 0 Å². The number of para-hydroxylation sites is 2. The summed E-state index contributed by atoms with van der Waals surface area (Å²) < 4.78 is 3.28. The third kappa shape index (κ3) is 5.46. The zero-order chi connectivity index (χ0) is 24.0. The monoisotopic (exact) mass is 525 g/mol. The first-order valence-electron chi connectivity index (χ1n) is 12.1. The first-order chi connectivity index (χ1) is 17.2. The van der Waals surface area contributed by atoms with Crippen molar-refractivity contribution in [3.05, 3.63) is 112 Å². The molecule has 0 saturated carbocycles. The lowest BCUT2D eigenvalue weighted by atomic mass is 10.0. The number of imidazole rings is 1. The van der Waals surface area contributed by atoms with Gasteiger partial charge in [0.05, 0.1) is 11.0 Å². The molecule has 5 heteroatoms. The number of nitrogens with one attached hydrogen (secondary N) is 1. The summed E-state index contributed by atoms with van der Waals surface area (Å²) in [5.41, 5.74) is 4.21. The predicted molar refractivity (Wildman–Crippen MR) is 147 cm³/mol. The third-order valence-electron chi connectivity index (χ3n) is 6.39. The predicted octanol–water partition coefficient (Wildman–Crippen LogP) is 7.14. The van der Waals surface area contributed by atoms with E-state index in [0.29, 0.717) is 12.1 Å². The molecule has 0 saturated heterocycles. The van der Waals surface area contributed by atoms with Gasteiger partial charge in [-0.3, -0.25) is 4.79 Å². The van der Waals surface area contributed by atoms with E-state index < -0.39 is 0 Å². The molecular formula is C30H28BrN3O. The van der Waals surface area contributed by atoms with Gasteiger partial charge >= 0.3 is 0 Å². The smallest absolute Gasteiger partial charge is 0.251 e. The van der Waals surface area contributed by atoms with Gasteiger partial charge in [0.15, 0.2) is 0 Å². The van der Waals surface area contributed by atoms with E-state index in [9.17, 15) is 4.79 Å². The Balaban J connectivity index is 1.23. The van der Waals surface area contributed by atoms with Crippen molar-refractivity contribution in [2.24, 2.45) is 0 Å². The molecule has 1 N–H and O–H groups in total. The van der Waals surface area contributed by atoms with Crippen molar-refractivity contribution in [1.82, 2.24) is 14.9 Å². The second-order valence-electron chi connectivity index (χ2n) is 8.82. The lowest BCUT2D eigenvalue weighted by molar-refractivity contribution is 0.0953. The summed E-state index contributed by atoms with van der Waals surface area (Å²) in [5.74, 6) is 1.10. The van der Waals surface area contributed by atoms with Crippen LogP contribution in [0.4, 0.5) is 0 Å². The van der Waals surface area contributed by atoms with Gasteiger partial charge < -0.3 is 9.88 Å². The van der Waals surface area contributed by atoms with Crippen molar-refractivity contribution in [2.45, 2.75) is 32.2 Å². The van der Waals surface area contributed by atoms with E-state index in [1.165, 1.54) is 21.9 Å². The molecule has 0 fully saturated rings. The van der Waals surface area contributed by atoms with Crippen LogP contribution in [-0.4, -0.2) is 22.0 Å². The number of hydrogen-bond donors (Lipinski definition) is 1. The quantitative estimate of drug-likeness (QED) is 0.208. The van der Waals surface area contributed by atoms with Gasteiger partial charge in [0, 0.05) is 29.5 Å². The summed E-state index contributed by atoms with van der Waals surface area (Å²) in [7, 11) is 0. The largest absolute Gasteiger partial charge is 0.352 e. The first kappa shape index (κ1) is 23.3. The van der Waals surface area contributed by atoms with Gasteiger partial charge in [-0.05, 0) is 59.5 Å². The van der Waals surface area contributed by atoms with E-state index in [0.717, 1.165) is 48.0 Å². The number of aromatic nitrogens is 2. The number of aryl methyl sites for hydroxylation is 1. The fraction of sp³-hybridized carbons (Fsp3) is 0.200. The third-order valence-corrected chi connectivity index (χ3v) is 6.88. The number of carbonyl (C=O) groups is 1. The molecule has 1 amide bonds. The van der Waals surface area contributed by atoms with E-state index >= 15 is 0 Å². The molecular weight excluding hydrogens is 498 g/mol. The summed E-state index contributed by atoms with van der Waals surface area (Å²) in [4.78, 5) is 17.3. The number of unbranched alkanes of at least 4 members (excludes halogenated alkanes) is 2. The summed E-state index contributed by atoms with van der Waals surface area (Å²) in [6.45, 7) is 1.48. The van der Waals surface area contributed by atoms with Gasteiger partial charge in [-0.15, -0.1) is 0 Å². The van der Waals surface area contributed by atoms with Crippen LogP contribution < -0.4 is 5.32 Å². The van der Waals surface area contributed by atoms with Gasteiger partial charge in [0.25, 0.3) is 5.91 Å². The van der Waals surface area contributed by atoms with Crippen LogP contribution >= 0.6 is 15.9 Å². The molecule has 176 valence electrons. The molecule has 4 aromatic carbocycles. The van der Waals surface area contributed by atoms with Crippen molar-refractivity contribution in [2.75, 3.05) is 6.54 Å². The van der Waals surface area contributed by atoms with Crippen LogP contribution in [0.25, 0.3) is 21.8 Å². The number of rotatable bonds is 9. The molecule has 0 bridgehead atoms. The molecule has 0 aliphatic heterocycles. The molecule has 5 rings (SSSR count). The van der Waals surface area contributed by atoms with E-state index in [4.69, 9.17) is 4.98 Å². The van der Waals surface area contributed by atoms with Gasteiger partial charge in [-0.1, -0.05) is 83.0 Å². The SMILES string of the molecule is O=C(NCCCCCc1nc2ccccc2n1Cc1cccc2ccccc12)c1cccc(Br)c1. The Kier molecular flexibility index (Phi) is 7.24. The highest BCUT2D eigenvalue weighted by Crippen LogP contribution is 2.24. The second-order valence-corrected chi connectivity index (χ2v) is 9.73. The van der Waals surface area contributed by atoms with E-state index in [1.807, 2.05) is 24.3 Å². The van der Waals surface area contributed by atoms with Crippen LogP contribution in [0, 0.1) is 0 Å². The maximum Gasteiger partial charge on any atom is 0.251 e. The molecule has 0 spiro atoms. The molecule has 0 aliphatic rings. The highest BCUT2D eigenvalue weighted by molar-refractivity contribution is 9.10. The molecule has 0 unspecified atom stereocenters. The van der Waals surface area contributed by atoms with Crippen molar-refractivity contribution in [1.29, 1.82) is 0 Å². The van der Waals surface area contributed by atoms with Crippen LogP contribution in [0.3, 0.4) is 0 Å². The van der Waals surface area contributed by atoms with E-state index in [-0.39, 0.29) is 5.91 Å². The van der Waals surface area contributed by atoms with Gasteiger partial charge in [-0.25, -0.2) is 4.98 Å². The molecule has 0 aliphatic carbocycles. The lowest BCUT2D eigenvalue weighted by Gasteiger charge is -2.12. The Labute approximate surface area is 214 Å². The molecule has 0 radical (unpaired) electrons. The highest BCUT2D eigenvalue weighted by Gasteiger charge is 2.12.